The molecule has 23 heteroatoms. The monoisotopic (exact) mass is 802 g/mol. The Morgan fingerprint density at radius 3 is 2.00 bits per heavy atom. The molecule has 1 aromatic carbocycles. The molecule has 4 aliphatic rings. The van der Waals surface area contributed by atoms with Crippen LogP contribution in [0.5, 0.6) is 17.5 Å². The van der Waals surface area contributed by atoms with Crippen molar-refractivity contribution >= 4 is 28.7 Å². The van der Waals surface area contributed by atoms with Gasteiger partial charge in [0.2, 0.25) is 0 Å². The Morgan fingerprint density at radius 1 is 0.909 bits per heavy atom. The van der Waals surface area contributed by atoms with E-state index in [4.69, 9.17) is 29.5 Å². The summed E-state index contributed by atoms with van der Waals surface area (Å²) < 4.78 is 129. The fourth-order valence-corrected chi connectivity index (χ4v) is 7.06. The van der Waals surface area contributed by atoms with Crippen molar-refractivity contribution in [1.29, 1.82) is 0 Å². The minimum atomic E-state index is -5.08. The van der Waals surface area contributed by atoms with Gasteiger partial charge in [-0.05, 0) is 69.8 Å². The van der Waals surface area contributed by atoms with Gasteiger partial charge in [-0.25, -0.2) is 14.0 Å². The van der Waals surface area contributed by atoms with Gasteiger partial charge >= 0.3 is 36.7 Å². The molecule has 13 nitrogen and oxygen atoms in total. The molecule has 2 aromatic heterocycles. The lowest BCUT2D eigenvalue weighted by Crippen LogP contribution is -2.51. The van der Waals surface area contributed by atoms with E-state index in [0.29, 0.717) is 30.9 Å². The minimum Gasteiger partial charge on any atom is -0.508 e. The highest BCUT2D eigenvalue weighted by Gasteiger charge is 2.45. The topological polar surface area (TPSA) is 170 Å². The molecule has 55 heavy (non-hydrogen) atoms. The maximum Gasteiger partial charge on any atom is 0.573 e. The number of aromatic hydroxyl groups is 1. The first-order valence-electron chi connectivity index (χ1n) is 16.5. The summed E-state index contributed by atoms with van der Waals surface area (Å²) in [4.78, 5) is 35.7. The summed E-state index contributed by atoms with van der Waals surface area (Å²) in [7, 11) is 0. The van der Waals surface area contributed by atoms with E-state index in [9.17, 15) is 44.6 Å². The summed E-state index contributed by atoms with van der Waals surface area (Å²) in [6.07, 6.45) is -7.56. The number of halogens is 10. The first-order valence-corrected chi connectivity index (χ1v) is 16.5. The number of benzene rings is 1. The molecule has 4 N–H and O–H groups in total. The average molecular weight is 803 g/mol. The van der Waals surface area contributed by atoms with E-state index in [2.05, 4.69) is 29.8 Å². The van der Waals surface area contributed by atoms with Crippen molar-refractivity contribution < 1.29 is 78.3 Å². The van der Waals surface area contributed by atoms with Crippen LogP contribution in [-0.2, 0) is 9.59 Å². The van der Waals surface area contributed by atoms with Gasteiger partial charge in [0.05, 0.1) is 10.9 Å². The maximum absolute atomic E-state index is 16.3. The first kappa shape index (κ1) is 41.2. The number of piperazine rings is 1. The molecule has 302 valence electrons. The minimum absolute atomic E-state index is 0.0187. The summed E-state index contributed by atoms with van der Waals surface area (Å²) in [6, 6.07) is 3.51. The molecule has 4 fully saturated rings. The molecule has 6 heterocycles. The number of aromatic nitrogens is 3. The number of phenolic OH excluding ortho intramolecular Hbond substituents is 1. The number of phenols is 1. The Hall–Kier alpha value is -4.93. The maximum atomic E-state index is 16.3. The summed E-state index contributed by atoms with van der Waals surface area (Å²) >= 11 is 0. The van der Waals surface area contributed by atoms with Crippen LogP contribution in [0, 0.1) is 5.82 Å². The number of rotatable bonds is 6. The normalized spacial score (nSPS) is 20.6. The standard InChI is InChI=1S/C28H30F4N6O3.2C2HF3O2/c29-22-23(19-11-18(39)5-6-21(19)41-28(30,31)32)33-12-20-24(22)35-26(40-15-27-7-1-9-38(27)10-2-8-27)36-25(20)37-13-16-3-4-17(14-37)34-16;2*3-2(4,5)1(6)7/h5-6,11-12,16-17,34,39H,1-4,7-10,13-15H2;2*(H,6,7)/t16-,17+;;. The number of nitrogens with zero attached hydrogens (tertiary/aromatic N) is 5. The van der Waals surface area contributed by atoms with Crippen LogP contribution in [0.3, 0.4) is 0 Å². The van der Waals surface area contributed by atoms with Gasteiger partial charge in [0, 0.05) is 36.9 Å². The van der Waals surface area contributed by atoms with Gasteiger partial charge in [0.1, 0.15) is 35.1 Å². The molecule has 7 rings (SSSR count). The molecular formula is C32H32F10N6O7. The largest absolute Gasteiger partial charge is 0.573 e. The van der Waals surface area contributed by atoms with Crippen LogP contribution >= 0.6 is 0 Å². The zero-order valence-corrected chi connectivity index (χ0v) is 28.2. The van der Waals surface area contributed by atoms with Gasteiger partial charge in [-0.15, -0.1) is 13.2 Å². The molecule has 0 spiro atoms. The van der Waals surface area contributed by atoms with E-state index in [0.717, 1.165) is 69.8 Å². The van der Waals surface area contributed by atoms with Crippen LogP contribution in [-0.4, -0.2) is 116 Å². The van der Waals surface area contributed by atoms with Crippen molar-refractivity contribution in [1.82, 2.24) is 25.2 Å². The number of ether oxygens (including phenoxy) is 2. The Balaban J connectivity index is 0.000000355. The summed E-state index contributed by atoms with van der Waals surface area (Å²) in [5.41, 5.74) is -0.981. The second kappa shape index (κ2) is 15.7. The molecule has 0 unspecified atom stereocenters. The third kappa shape index (κ3) is 9.85. The second-order valence-corrected chi connectivity index (χ2v) is 13.1. The molecule has 2 atom stereocenters. The average Bonchev–Trinajstić information content (AvgIpc) is 3.77. The van der Waals surface area contributed by atoms with Gasteiger partial charge in [-0.1, -0.05) is 0 Å². The van der Waals surface area contributed by atoms with Crippen molar-refractivity contribution in [3.63, 3.8) is 0 Å². The van der Waals surface area contributed by atoms with Crippen molar-refractivity contribution in [2.24, 2.45) is 0 Å². The molecule has 3 aromatic rings. The van der Waals surface area contributed by atoms with Gasteiger partial charge in [0.25, 0.3) is 0 Å². The summed E-state index contributed by atoms with van der Waals surface area (Å²) in [5, 5.41) is 28.2. The van der Waals surface area contributed by atoms with Gasteiger partial charge in [-0.3, -0.25) is 9.88 Å². The number of carboxylic acids is 2. The van der Waals surface area contributed by atoms with Gasteiger partial charge in [-0.2, -0.15) is 36.3 Å². The highest BCUT2D eigenvalue weighted by atomic mass is 19.4. The van der Waals surface area contributed by atoms with E-state index < -0.39 is 47.9 Å². The third-order valence-corrected chi connectivity index (χ3v) is 9.37. The molecule has 0 radical (unpaired) electrons. The van der Waals surface area contributed by atoms with Crippen LogP contribution in [0.15, 0.2) is 24.4 Å². The number of hydrogen-bond donors (Lipinski definition) is 4. The molecule has 2 bridgehead atoms. The number of hydrogen-bond acceptors (Lipinski definition) is 11. The van der Waals surface area contributed by atoms with E-state index in [1.807, 2.05) is 0 Å². The number of fused-ring (bicyclic) bond motifs is 4. The van der Waals surface area contributed by atoms with Crippen molar-refractivity contribution in [2.75, 3.05) is 37.7 Å². The molecule has 4 saturated heterocycles. The SMILES string of the molecule is O=C(O)C(F)(F)F.O=C(O)C(F)(F)F.Oc1ccc(OC(F)(F)F)c(-c2ncc3c(N4C[C@H]5CC[C@@H](C4)N5)nc(OCC45CCCN4CCC5)nc3c2F)c1. The van der Waals surface area contributed by atoms with Crippen molar-refractivity contribution in [2.45, 2.75) is 74.9 Å². The zero-order valence-electron chi connectivity index (χ0n) is 28.2. The summed E-state index contributed by atoms with van der Waals surface area (Å²) in [6.45, 7) is 3.75. The van der Waals surface area contributed by atoms with Crippen LogP contribution in [0.25, 0.3) is 22.2 Å². The zero-order chi connectivity index (χ0) is 40.5. The predicted octanol–water partition coefficient (Wildman–Crippen LogP) is 5.65. The van der Waals surface area contributed by atoms with Gasteiger partial charge in [0.15, 0.2) is 5.82 Å². The second-order valence-electron chi connectivity index (χ2n) is 13.1. The highest BCUT2D eigenvalue weighted by molar-refractivity contribution is 5.92. The Morgan fingerprint density at radius 2 is 1.47 bits per heavy atom. The quantitative estimate of drug-likeness (QED) is 0.226. The lowest BCUT2D eigenvalue weighted by atomic mass is 9.95. The predicted molar refractivity (Wildman–Crippen MR) is 169 cm³/mol. The Kier molecular flexibility index (Phi) is 11.7. The van der Waals surface area contributed by atoms with Crippen LogP contribution < -0.4 is 19.7 Å². The van der Waals surface area contributed by atoms with Crippen LogP contribution in [0.1, 0.15) is 38.5 Å². The van der Waals surface area contributed by atoms with E-state index in [1.165, 1.54) is 6.20 Å². The van der Waals surface area contributed by atoms with Crippen molar-refractivity contribution in [3.05, 3.63) is 30.2 Å². The molecular weight excluding hydrogens is 770 g/mol. The first-order chi connectivity index (χ1) is 25.6. The highest BCUT2D eigenvalue weighted by Crippen LogP contribution is 2.41. The Labute approximate surface area is 303 Å². The Bertz CT molecular complexity index is 1850. The summed E-state index contributed by atoms with van der Waals surface area (Å²) in [5.74, 6) is -7.03. The number of aliphatic carboxylic acids is 2. The number of nitrogens with one attached hydrogen (secondary N) is 1. The lowest BCUT2D eigenvalue weighted by molar-refractivity contribution is -0.274. The molecule has 0 saturated carbocycles. The molecule has 0 aliphatic carbocycles. The molecule has 4 aliphatic heterocycles. The van der Waals surface area contributed by atoms with E-state index >= 15 is 4.39 Å². The number of carbonyl (C=O) groups is 2. The third-order valence-electron chi connectivity index (χ3n) is 9.37. The van der Waals surface area contributed by atoms with Crippen LogP contribution in [0.4, 0.5) is 49.7 Å². The number of anilines is 1. The lowest BCUT2D eigenvalue weighted by Gasteiger charge is -2.34. The fourth-order valence-electron chi connectivity index (χ4n) is 7.06. The molecule has 0 amide bonds. The number of alkyl halides is 9. The number of pyridine rings is 1. The van der Waals surface area contributed by atoms with Crippen LogP contribution in [0.2, 0.25) is 0 Å². The van der Waals surface area contributed by atoms with E-state index in [1.54, 1.807) is 0 Å². The fraction of sp³-hybridized carbons (Fsp3) is 0.531. The van der Waals surface area contributed by atoms with Crippen molar-refractivity contribution in [3.8, 4) is 28.8 Å². The smallest absolute Gasteiger partial charge is 0.508 e. The number of carboxylic acid groups (broad SMARTS) is 2. The van der Waals surface area contributed by atoms with E-state index in [-0.39, 0.29) is 40.5 Å². The van der Waals surface area contributed by atoms with Gasteiger partial charge < -0.3 is 35.0 Å².